The van der Waals surface area contributed by atoms with Gasteiger partial charge in [0.1, 0.15) is 0 Å². The van der Waals surface area contributed by atoms with Crippen molar-refractivity contribution in [2.45, 2.75) is 91.9 Å². The van der Waals surface area contributed by atoms with Crippen LogP contribution in [0.3, 0.4) is 0 Å². The van der Waals surface area contributed by atoms with E-state index in [1.807, 2.05) is 0 Å². The number of nitrogens with zero attached hydrogens (tertiary/aromatic N) is 2. The second-order valence-electron chi connectivity index (χ2n) is 13.9. The van der Waals surface area contributed by atoms with E-state index in [0.29, 0.717) is 47.8 Å². The molecule has 4 aliphatic rings. The van der Waals surface area contributed by atoms with Crippen molar-refractivity contribution in [1.29, 1.82) is 0 Å². The van der Waals surface area contributed by atoms with E-state index in [4.69, 9.17) is 4.74 Å². The topological polar surface area (TPSA) is 49.9 Å². The van der Waals surface area contributed by atoms with Gasteiger partial charge in [0.05, 0.1) is 7.11 Å². The van der Waals surface area contributed by atoms with Gasteiger partial charge in [-0.3, -0.25) is 9.59 Å². The van der Waals surface area contributed by atoms with Gasteiger partial charge in [0, 0.05) is 39.0 Å². The van der Waals surface area contributed by atoms with E-state index in [0.717, 1.165) is 50.9 Å². The second-order valence-corrected chi connectivity index (χ2v) is 13.9. The Hall–Kier alpha value is -1.36. The predicted molar refractivity (Wildman–Crippen MR) is 150 cm³/mol. The third-order valence-corrected chi connectivity index (χ3v) is 12.0. The first kappa shape index (κ1) is 28.6. The number of rotatable bonds is 8. The highest BCUT2D eigenvalue weighted by molar-refractivity contribution is 5.76. The molecule has 1 heterocycles. The summed E-state index contributed by atoms with van der Waals surface area (Å²) in [7, 11) is 3.64. The van der Waals surface area contributed by atoms with Crippen LogP contribution in [0.2, 0.25) is 0 Å². The molecule has 1 amide bonds. The number of fused-ring (bicyclic) bond motifs is 3. The van der Waals surface area contributed by atoms with E-state index in [1.165, 1.54) is 51.2 Å². The van der Waals surface area contributed by atoms with Crippen LogP contribution in [0.4, 0.5) is 0 Å². The Bertz CT molecular complexity index is 849. The fourth-order valence-electron chi connectivity index (χ4n) is 9.84. The van der Waals surface area contributed by atoms with E-state index in [-0.39, 0.29) is 11.4 Å². The van der Waals surface area contributed by atoms with Gasteiger partial charge in [-0.05, 0) is 112 Å². The standard InChI is InChI=1S/C32H54N2O3/c1-22(2)25-10-9-24-27-12-11-26(23(3)8-13-30(36)37-7)32(27,5)16-14-28(24)31(25,4)17-15-29(35)34-20-18-33(6)19-21-34/h23-28H,1,8-21H2,2-7H3/t23-,24+,25?,26-,27+,28+,31+,32-/m1/s1. The van der Waals surface area contributed by atoms with Crippen LogP contribution in [0.25, 0.3) is 0 Å². The Morgan fingerprint density at radius 3 is 2.35 bits per heavy atom. The molecule has 8 atom stereocenters. The highest BCUT2D eigenvalue weighted by Gasteiger charge is 2.60. The average Bonchev–Trinajstić information content (AvgIpc) is 3.23. The zero-order valence-electron chi connectivity index (χ0n) is 24.7. The number of piperazine rings is 1. The van der Waals surface area contributed by atoms with Crippen molar-refractivity contribution in [1.82, 2.24) is 9.80 Å². The summed E-state index contributed by atoms with van der Waals surface area (Å²) < 4.78 is 4.93. The molecule has 1 saturated heterocycles. The van der Waals surface area contributed by atoms with Gasteiger partial charge < -0.3 is 14.5 Å². The van der Waals surface area contributed by atoms with Gasteiger partial charge in [-0.1, -0.05) is 32.9 Å². The molecule has 5 heteroatoms. The van der Waals surface area contributed by atoms with Crippen LogP contribution in [-0.4, -0.2) is 62.0 Å². The molecule has 0 aromatic rings. The van der Waals surface area contributed by atoms with Gasteiger partial charge >= 0.3 is 5.97 Å². The number of ether oxygens (including phenoxy) is 1. The molecule has 0 bridgehead atoms. The van der Waals surface area contributed by atoms with Crippen LogP contribution in [-0.2, 0) is 14.3 Å². The maximum atomic E-state index is 13.3. The molecule has 0 N–H and O–H groups in total. The predicted octanol–water partition coefficient (Wildman–Crippen LogP) is 6.18. The molecule has 3 saturated carbocycles. The molecular weight excluding hydrogens is 460 g/mol. The summed E-state index contributed by atoms with van der Waals surface area (Å²) in [5, 5.41) is 0. The lowest BCUT2D eigenvalue weighted by Crippen LogP contribution is -2.53. The fourth-order valence-corrected chi connectivity index (χ4v) is 9.84. The normalized spacial score (nSPS) is 39.0. The second kappa shape index (κ2) is 11.4. The minimum Gasteiger partial charge on any atom is -0.469 e. The van der Waals surface area contributed by atoms with Crippen LogP contribution < -0.4 is 0 Å². The Morgan fingerprint density at radius 2 is 1.70 bits per heavy atom. The number of likely N-dealkylation sites (N-methyl/N-ethyl adjacent to an activating group) is 1. The third kappa shape index (κ3) is 5.54. The zero-order chi connectivity index (χ0) is 27.0. The monoisotopic (exact) mass is 514 g/mol. The Balaban J connectivity index is 1.47. The summed E-state index contributed by atoms with van der Waals surface area (Å²) in [5.41, 5.74) is 1.86. The lowest BCUT2D eigenvalue weighted by molar-refractivity contribution is -0.141. The van der Waals surface area contributed by atoms with Crippen LogP contribution >= 0.6 is 0 Å². The van der Waals surface area contributed by atoms with E-state index < -0.39 is 0 Å². The number of hydrogen-bond acceptors (Lipinski definition) is 4. The summed E-state index contributed by atoms with van der Waals surface area (Å²) in [4.78, 5) is 29.5. The van der Waals surface area contributed by atoms with Crippen LogP contribution in [0.1, 0.15) is 91.9 Å². The molecule has 37 heavy (non-hydrogen) atoms. The first-order valence-electron chi connectivity index (χ1n) is 15.2. The number of allylic oxidation sites excluding steroid dienone is 1. The molecular formula is C32H54N2O3. The summed E-state index contributed by atoms with van der Waals surface area (Å²) >= 11 is 0. The number of esters is 1. The summed E-state index contributed by atoms with van der Waals surface area (Å²) in [6.45, 7) is 17.9. The lowest BCUT2D eigenvalue weighted by Gasteiger charge is -2.60. The first-order chi connectivity index (χ1) is 17.5. The quantitative estimate of drug-likeness (QED) is 0.287. The number of methoxy groups -OCH3 is 1. The molecule has 210 valence electrons. The number of carbonyl (C=O) groups is 2. The maximum Gasteiger partial charge on any atom is 0.305 e. The summed E-state index contributed by atoms with van der Waals surface area (Å²) in [6.07, 6.45) is 10.9. The maximum absolute atomic E-state index is 13.3. The van der Waals surface area contributed by atoms with Gasteiger partial charge in [0.25, 0.3) is 0 Å². The van der Waals surface area contributed by atoms with E-state index >= 15 is 0 Å². The largest absolute Gasteiger partial charge is 0.469 e. The Morgan fingerprint density at radius 1 is 1.00 bits per heavy atom. The van der Waals surface area contributed by atoms with Crippen molar-refractivity contribution in [3.05, 3.63) is 12.2 Å². The van der Waals surface area contributed by atoms with Crippen LogP contribution in [0, 0.1) is 46.3 Å². The minimum atomic E-state index is -0.0738. The summed E-state index contributed by atoms with van der Waals surface area (Å²) in [6, 6.07) is 0. The van der Waals surface area contributed by atoms with Crippen molar-refractivity contribution < 1.29 is 14.3 Å². The fraction of sp³-hybridized carbons (Fsp3) is 0.875. The van der Waals surface area contributed by atoms with Gasteiger partial charge in [0.15, 0.2) is 0 Å². The van der Waals surface area contributed by atoms with Crippen molar-refractivity contribution in [3.63, 3.8) is 0 Å². The molecule has 4 rings (SSSR count). The summed E-state index contributed by atoms with van der Waals surface area (Å²) in [5.74, 6) is 4.29. The smallest absolute Gasteiger partial charge is 0.305 e. The molecule has 0 aromatic carbocycles. The zero-order valence-corrected chi connectivity index (χ0v) is 24.7. The highest BCUT2D eigenvalue weighted by atomic mass is 16.5. The molecule has 4 fully saturated rings. The molecule has 0 spiro atoms. The van der Waals surface area contributed by atoms with Gasteiger partial charge in [-0.15, -0.1) is 0 Å². The van der Waals surface area contributed by atoms with Crippen molar-refractivity contribution in [2.24, 2.45) is 46.3 Å². The highest BCUT2D eigenvalue weighted by Crippen LogP contribution is 2.67. The van der Waals surface area contributed by atoms with Crippen molar-refractivity contribution in [2.75, 3.05) is 40.3 Å². The number of carbonyl (C=O) groups excluding carboxylic acids is 2. The molecule has 1 unspecified atom stereocenters. The minimum absolute atomic E-state index is 0.0738. The van der Waals surface area contributed by atoms with E-state index in [1.54, 1.807) is 0 Å². The SMILES string of the molecule is C=C(C)C1CC[C@H]2[C@@H]3CC[C@H]([C@H](C)CCC(=O)OC)[C@@]3(C)CC[C@@H]2[C@@]1(C)CCC(=O)N1CCN(C)CC1. The van der Waals surface area contributed by atoms with Gasteiger partial charge in [0.2, 0.25) is 5.91 Å². The Kier molecular flexibility index (Phi) is 8.83. The Labute approximate surface area is 226 Å². The van der Waals surface area contributed by atoms with E-state index in [9.17, 15) is 9.59 Å². The molecule has 1 aliphatic heterocycles. The van der Waals surface area contributed by atoms with Crippen LogP contribution in [0.5, 0.6) is 0 Å². The number of amides is 1. The van der Waals surface area contributed by atoms with Crippen molar-refractivity contribution in [3.8, 4) is 0 Å². The molecule has 0 radical (unpaired) electrons. The van der Waals surface area contributed by atoms with Gasteiger partial charge in [-0.2, -0.15) is 0 Å². The lowest BCUT2D eigenvalue weighted by atomic mass is 9.45. The molecule has 5 nitrogen and oxygen atoms in total. The molecule has 3 aliphatic carbocycles. The third-order valence-electron chi connectivity index (χ3n) is 12.0. The van der Waals surface area contributed by atoms with Gasteiger partial charge in [-0.25, -0.2) is 0 Å². The average molecular weight is 515 g/mol. The van der Waals surface area contributed by atoms with E-state index in [2.05, 4.69) is 51.1 Å². The van der Waals surface area contributed by atoms with Crippen molar-refractivity contribution >= 4 is 11.9 Å². The van der Waals surface area contributed by atoms with Crippen LogP contribution in [0.15, 0.2) is 12.2 Å². The number of hydrogen-bond donors (Lipinski definition) is 0. The first-order valence-corrected chi connectivity index (χ1v) is 15.2. The molecule has 0 aromatic heterocycles.